The van der Waals surface area contributed by atoms with Gasteiger partial charge in [-0.1, -0.05) is 113 Å². The molecule has 166 valence electrons. The summed E-state index contributed by atoms with van der Waals surface area (Å²) in [6.45, 7) is 18.8. The molecule has 0 amide bonds. The first-order valence-corrected chi connectivity index (χ1v) is 11.6. The van der Waals surface area contributed by atoms with E-state index in [0.29, 0.717) is 0 Å². The van der Waals surface area contributed by atoms with Crippen molar-refractivity contribution in [3.8, 4) is 0 Å². The maximum absolute atomic E-state index is 4.33. The smallest absolute Gasteiger partial charge is 0.0450 e. The third-order valence-corrected chi connectivity index (χ3v) is 6.73. The first kappa shape index (κ1) is 23.6. The first-order chi connectivity index (χ1) is 15.2. The van der Waals surface area contributed by atoms with Crippen LogP contribution >= 0.6 is 0 Å². The Morgan fingerprint density at radius 3 is 2.28 bits per heavy atom. The van der Waals surface area contributed by atoms with E-state index in [1.807, 2.05) is 0 Å². The van der Waals surface area contributed by atoms with Crippen LogP contribution in [0.3, 0.4) is 0 Å². The van der Waals surface area contributed by atoms with Crippen molar-refractivity contribution >= 4 is 5.69 Å². The summed E-state index contributed by atoms with van der Waals surface area (Å²) in [4.78, 5) is 2.42. The van der Waals surface area contributed by atoms with Gasteiger partial charge in [-0.15, -0.1) is 0 Å². The maximum atomic E-state index is 4.33. The number of para-hydroxylation sites is 1. The number of aryl methyl sites for hydroxylation is 1. The Labute approximate surface area is 195 Å². The summed E-state index contributed by atoms with van der Waals surface area (Å²) in [6, 6.07) is 17.3. The fourth-order valence-electron chi connectivity index (χ4n) is 4.65. The minimum Gasteiger partial charge on any atom is -0.344 e. The molecule has 0 fully saturated rings. The molecular weight excluding hydrogens is 386 g/mol. The van der Waals surface area contributed by atoms with E-state index in [4.69, 9.17) is 0 Å². The van der Waals surface area contributed by atoms with Crippen molar-refractivity contribution in [2.75, 3.05) is 11.4 Å². The second-order valence-electron chi connectivity index (χ2n) is 9.53. The summed E-state index contributed by atoms with van der Waals surface area (Å²) < 4.78 is 0. The van der Waals surface area contributed by atoms with Gasteiger partial charge in [-0.3, -0.25) is 0 Å². The van der Waals surface area contributed by atoms with Crippen molar-refractivity contribution in [1.29, 1.82) is 0 Å². The number of allylic oxidation sites excluding steroid dienone is 9. The summed E-state index contributed by atoms with van der Waals surface area (Å²) in [7, 11) is 0. The largest absolute Gasteiger partial charge is 0.344 e. The zero-order valence-electron chi connectivity index (χ0n) is 20.5. The Morgan fingerprint density at radius 1 is 0.938 bits per heavy atom. The topological polar surface area (TPSA) is 3.24 Å². The molecule has 0 spiro atoms. The van der Waals surface area contributed by atoms with Gasteiger partial charge in [0.1, 0.15) is 0 Å². The standard InChI is InChI=1S/C31H37N/c1-8-32-28-22-17-16-21-27(28)31(6,7)29(32)23-13-11-9-10-12-19-25(3)30(4,5)26-20-15-14-18-24(26)2/h9-23H,3,8H2,1-2,4-7H3/b10-9+,13-11+,19-12+,29-23+. The van der Waals surface area contributed by atoms with Crippen LogP contribution in [0, 0.1) is 6.92 Å². The van der Waals surface area contributed by atoms with Gasteiger partial charge in [0.15, 0.2) is 0 Å². The van der Waals surface area contributed by atoms with Crippen molar-refractivity contribution in [1.82, 2.24) is 0 Å². The molecule has 2 aromatic rings. The molecule has 1 nitrogen and oxygen atoms in total. The van der Waals surface area contributed by atoms with E-state index in [-0.39, 0.29) is 10.8 Å². The van der Waals surface area contributed by atoms with E-state index < -0.39 is 0 Å². The molecule has 0 saturated carbocycles. The number of hydrogen-bond donors (Lipinski definition) is 0. The van der Waals surface area contributed by atoms with E-state index in [9.17, 15) is 0 Å². The lowest BCUT2D eigenvalue weighted by molar-refractivity contribution is 0.634. The third-order valence-electron chi connectivity index (χ3n) is 6.73. The van der Waals surface area contributed by atoms with E-state index in [2.05, 4.69) is 144 Å². The van der Waals surface area contributed by atoms with Crippen molar-refractivity contribution in [3.05, 3.63) is 126 Å². The highest BCUT2D eigenvalue weighted by atomic mass is 15.2. The molecule has 1 aliphatic rings. The number of likely N-dealkylation sites (N-methyl/N-ethyl adjacent to an activating group) is 1. The molecule has 0 aromatic heterocycles. The number of nitrogens with zero attached hydrogens (tertiary/aromatic N) is 1. The second kappa shape index (κ2) is 9.61. The molecule has 0 unspecified atom stereocenters. The average molecular weight is 424 g/mol. The van der Waals surface area contributed by atoms with Gasteiger partial charge in [0, 0.05) is 28.8 Å². The monoisotopic (exact) mass is 423 g/mol. The quantitative estimate of drug-likeness (QED) is 0.406. The highest BCUT2D eigenvalue weighted by Gasteiger charge is 2.38. The number of rotatable bonds is 7. The van der Waals surface area contributed by atoms with E-state index in [1.165, 1.54) is 28.1 Å². The van der Waals surface area contributed by atoms with Crippen LogP contribution in [-0.4, -0.2) is 6.54 Å². The van der Waals surface area contributed by atoms with Gasteiger partial charge in [0.25, 0.3) is 0 Å². The van der Waals surface area contributed by atoms with Gasteiger partial charge >= 0.3 is 0 Å². The summed E-state index contributed by atoms with van der Waals surface area (Å²) in [5, 5.41) is 0. The Morgan fingerprint density at radius 2 is 1.56 bits per heavy atom. The minimum absolute atomic E-state index is 0.0133. The molecule has 0 saturated heterocycles. The molecule has 0 aliphatic carbocycles. The van der Waals surface area contributed by atoms with E-state index in [0.717, 1.165) is 12.1 Å². The third kappa shape index (κ3) is 4.58. The van der Waals surface area contributed by atoms with Gasteiger partial charge in [-0.05, 0) is 48.3 Å². The van der Waals surface area contributed by atoms with E-state index in [1.54, 1.807) is 0 Å². The molecule has 3 rings (SSSR count). The second-order valence-corrected chi connectivity index (χ2v) is 9.53. The highest BCUT2D eigenvalue weighted by Crippen LogP contribution is 2.47. The fourth-order valence-corrected chi connectivity index (χ4v) is 4.65. The summed E-state index contributed by atoms with van der Waals surface area (Å²) in [5.41, 5.74) is 7.72. The number of hydrogen-bond acceptors (Lipinski definition) is 1. The van der Waals surface area contributed by atoms with Crippen molar-refractivity contribution in [2.45, 2.75) is 52.4 Å². The molecular formula is C31H37N. The van der Waals surface area contributed by atoms with Crippen LogP contribution in [-0.2, 0) is 10.8 Å². The van der Waals surface area contributed by atoms with Crippen LogP contribution in [0.1, 0.15) is 51.3 Å². The Balaban J connectivity index is 1.67. The summed E-state index contributed by atoms with van der Waals surface area (Å²) in [5.74, 6) is 0. The average Bonchev–Trinajstić information content (AvgIpc) is 2.99. The van der Waals surface area contributed by atoms with Crippen LogP contribution in [0.5, 0.6) is 0 Å². The van der Waals surface area contributed by atoms with Gasteiger partial charge < -0.3 is 4.90 Å². The normalized spacial score (nSPS) is 17.2. The van der Waals surface area contributed by atoms with Gasteiger partial charge in [0.05, 0.1) is 0 Å². The number of benzene rings is 2. The molecule has 0 N–H and O–H groups in total. The molecule has 0 bridgehead atoms. The molecule has 32 heavy (non-hydrogen) atoms. The highest BCUT2D eigenvalue weighted by molar-refractivity contribution is 5.70. The summed E-state index contributed by atoms with van der Waals surface area (Å²) >= 11 is 0. The van der Waals surface area contributed by atoms with Gasteiger partial charge in [-0.25, -0.2) is 0 Å². The fraction of sp³-hybridized carbons (Fsp3) is 0.290. The number of fused-ring (bicyclic) bond motifs is 1. The Kier molecular flexibility index (Phi) is 7.09. The predicted molar refractivity (Wildman–Crippen MR) is 141 cm³/mol. The Hall–Kier alpha value is -3.06. The number of anilines is 1. The zero-order valence-corrected chi connectivity index (χ0v) is 20.5. The minimum atomic E-state index is -0.0946. The predicted octanol–water partition coefficient (Wildman–Crippen LogP) is 8.20. The Bertz CT molecular complexity index is 1090. The maximum Gasteiger partial charge on any atom is 0.0450 e. The molecule has 1 heteroatoms. The van der Waals surface area contributed by atoms with Crippen LogP contribution in [0.2, 0.25) is 0 Å². The molecule has 0 atom stereocenters. The zero-order chi connectivity index (χ0) is 23.4. The first-order valence-electron chi connectivity index (χ1n) is 11.6. The molecule has 1 aliphatic heterocycles. The van der Waals surface area contributed by atoms with Gasteiger partial charge in [-0.2, -0.15) is 0 Å². The van der Waals surface area contributed by atoms with Crippen molar-refractivity contribution in [2.24, 2.45) is 0 Å². The van der Waals surface area contributed by atoms with Crippen molar-refractivity contribution in [3.63, 3.8) is 0 Å². The van der Waals surface area contributed by atoms with Crippen LogP contribution < -0.4 is 4.90 Å². The SMILES string of the molecule is C=C(/C=C/C=C/C=C/C=C1/N(CC)c2ccccc2C1(C)C)C(C)(C)c1ccccc1C. The van der Waals surface area contributed by atoms with Crippen LogP contribution in [0.4, 0.5) is 5.69 Å². The van der Waals surface area contributed by atoms with E-state index >= 15 is 0 Å². The molecule has 2 aromatic carbocycles. The lowest BCUT2D eigenvalue weighted by Crippen LogP contribution is -2.25. The lowest BCUT2D eigenvalue weighted by atomic mass is 9.76. The van der Waals surface area contributed by atoms with Crippen LogP contribution in [0.15, 0.2) is 109 Å². The van der Waals surface area contributed by atoms with Crippen LogP contribution in [0.25, 0.3) is 0 Å². The lowest BCUT2D eigenvalue weighted by Gasteiger charge is -2.28. The van der Waals surface area contributed by atoms with Gasteiger partial charge in [0.2, 0.25) is 0 Å². The summed E-state index contributed by atoms with van der Waals surface area (Å²) in [6.07, 6.45) is 14.8. The molecule has 0 radical (unpaired) electrons. The van der Waals surface area contributed by atoms with Crippen molar-refractivity contribution < 1.29 is 0 Å². The molecule has 1 heterocycles.